The molecule has 0 aliphatic carbocycles. The zero-order chi connectivity index (χ0) is 8.81. The number of alkyl halides is 1. The van der Waals surface area contributed by atoms with Crippen LogP contribution in [-0.4, -0.2) is 37.4 Å². The van der Waals surface area contributed by atoms with Crippen LogP contribution >= 0.6 is 15.9 Å². The predicted octanol–water partition coefficient (Wildman–Crippen LogP) is 0.688. The van der Waals surface area contributed by atoms with Gasteiger partial charge in [0.25, 0.3) is 0 Å². The molecule has 0 aromatic rings. The van der Waals surface area contributed by atoms with E-state index in [2.05, 4.69) is 15.9 Å². The maximum atomic E-state index is 10.8. The number of carbonyl (C=O) groups is 1. The van der Waals surface area contributed by atoms with Crippen LogP contribution < -0.4 is 0 Å². The molecule has 1 aliphatic heterocycles. The third-order valence-electron chi connectivity index (χ3n) is 1.36. The van der Waals surface area contributed by atoms with Crippen LogP contribution in [0.1, 0.15) is 6.42 Å². The van der Waals surface area contributed by atoms with Gasteiger partial charge in [-0.2, -0.15) is 0 Å². The van der Waals surface area contributed by atoms with Gasteiger partial charge in [0.2, 0.25) is 6.29 Å². The maximum Gasteiger partial charge on any atom is 0.318 e. The lowest BCUT2D eigenvalue weighted by molar-refractivity contribution is -0.180. The second-order valence-corrected chi connectivity index (χ2v) is 2.91. The van der Waals surface area contributed by atoms with Crippen molar-refractivity contribution in [2.45, 2.75) is 12.7 Å². The van der Waals surface area contributed by atoms with Gasteiger partial charge >= 0.3 is 5.97 Å². The Balaban J connectivity index is 2.24. The molecule has 0 bridgehead atoms. The first-order chi connectivity index (χ1) is 5.83. The molecule has 1 saturated heterocycles. The van der Waals surface area contributed by atoms with Crippen LogP contribution in [0.3, 0.4) is 0 Å². The molecule has 12 heavy (non-hydrogen) atoms. The van der Waals surface area contributed by atoms with Crippen molar-refractivity contribution in [3.8, 4) is 0 Å². The molecular formula is C7H11BrO4. The predicted molar refractivity (Wildman–Crippen MR) is 45.1 cm³/mol. The molecule has 1 heterocycles. The minimum atomic E-state index is -0.530. The van der Waals surface area contributed by atoms with E-state index in [1.54, 1.807) is 0 Å². The Morgan fingerprint density at radius 2 is 2.42 bits per heavy atom. The van der Waals surface area contributed by atoms with Gasteiger partial charge in [-0.3, -0.25) is 4.79 Å². The standard InChI is InChI=1S/C7H11BrO4/c8-4-6(9)12-7-5-10-2-1-3-11-7/h7H,1-5H2. The third kappa shape index (κ3) is 3.51. The molecule has 0 aromatic carbocycles. The van der Waals surface area contributed by atoms with E-state index in [1.807, 2.05) is 0 Å². The highest BCUT2D eigenvalue weighted by Crippen LogP contribution is 2.04. The zero-order valence-corrected chi connectivity index (χ0v) is 8.21. The Hall–Kier alpha value is -0.130. The number of halogens is 1. The Morgan fingerprint density at radius 3 is 3.17 bits per heavy atom. The molecule has 5 heteroatoms. The van der Waals surface area contributed by atoms with Crippen LogP contribution in [-0.2, 0) is 19.0 Å². The van der Waals surface area contributed by atoms with E-state index in [4.69, 9.17) is 14.2 Å². The topological polar surface area (TPSA) is 44.8 Å². The third-order valence-corrected chi connectivity index (χ3v) is 1.82. The fourth-order valence-electron chi connectivity index (χ4n) is 0.850. The Bertz CT molecular complexity index is 142. The lowest BCUT2D eigenvalue weighted by Gasteiger charge is -2.13. The van der Waals surface area contributed by atoms with Gasteiger partial charge in [-0.05, 0) is 6.42 Å². The summed E-state index contributed by atoms with van der Waals surface area (Å²) in [6.45, 7) is 1.58. The highest BCUT2D eigenvalue weighted by molar-refractivity contribution is 9.09. The maximum absolute atomic E-state index is 10.8. The lowest BCUT2D eigenvalue weighted by Crippen LogP contribution is -2.25. The summed E-state index contributed by atoms with van der Waals surface area (Å²) in [7, 11) is 0. The molecule has 1 aliphatic rings. The smallest absolute Gasteiger partial charge is 0.318 e. The largest absolute Gasteiger partial charge is 0.433 e. The van der Waals surface area contributed by atoms with Crippen LogP contribution in [0.2, 0.25) is 0 Å². The van der Waals surface area contributed by atoms with Gasteiger partial charge < -0.3 is 14.2 Å². The van der Waals surface area contributed by atoms with Crippen LogP contribution in [0.4, 0.5) is 0 Å². The molecule has 1 fully saturated rings. The molecule has 0 N–H and O–H groups in total. The molecule has 0 radical (unpaired) electrons. The molecular weight excluding hydrogens is 228 g/mol. The molecule has 70 valence electrons. The highest BCUT2D eigenvalue weighted by Gasteiger charge is 2.16. The summed E-state index contributed by atoms with van der Waals surface area (Å²) in [5.74, 6) is -0.328. The van der Waals surface area contributed by atoms with Crippen molar-refractivity contribution in [2.75, 3.05) is 25.2 Å². The normalized spacial score (nSPS) is 24.6. The van der Waals surface area contributed by atoms with Gasteiger partial charge in [0, 0.05) is 6.61 Å². The first-order valence-electron chi connectivity index (χ1n) is 3.77. The van der Waals surface area contributed by atoms with Crippen LogP contribution in [0.5, 0.6) is 0 Å². The highest BCUT2D eigenvalue weighted by atomic mass is 79.9. The monoisotopic (exact) mass is 238 g/mol. The van der Waals surface area contributed by atoms with Gasteiger partial charge in [0.15, 0.2) is 0 Å². The molecule has 0 amide bonds. The number of rotatable bonds is 2. The number of ether oxygens (including phenoxy) is 3. The average molecular weight is 239 g/mol. The number of carbonyl (C=O) groups excluding carboxylic acids is 1. The molecule has 1 rings (SSSR count). The van der Waals surface area contributed by atoms with Crippen molar-refractivity contribution in [3.63, 3.8) is 0 Å². The molecule has 0 saturated carbocycles. The second kappa shape index (κ2) is 5.50. The van der Waals surface area contributed by atoms with Crippen LogP contribution in [0.25, 0.3) is 0 Å². The van der Waals surface area contributed by atoms with Crippen LogP contribution in [0, 0.1) is 0 Å². The Morgan fingerprint density at radius 1 is 1.58 bits per heavy atom. The number of hydrogen-bond acceptors (Lipinski definition) is 4. The molecule has 1 atom stereocenters. The molecule has 4 nitrogen and oxygen atoms in total. The zero-order valence-electron chi connectivity index (χ0n) is 6.62. The van der Waals surface area contributed by atoms with E-state index in [0.29, 0.717) is 19.8 Å². The van der Waals surface area contributed by atoms with E-state index < -0.39 is 6.29 Å². The van der Waals surface area contributed by atoms with Crippen molar-refractivity contribution in [1.29, 1.82) is 0 Å². The fraction of sp³-hybridized carbons (Fsp3) is 0.857. The fourth-order valence-corrected chi connectivity index (χ4v) is 0.982. The van der Waals surface area contributed by atoms with Gasteiger partial charge in [-0.1, -0.05) is 15.9 Å². The lowest BCUT2D eigenvalue weighted by atomic mass is 10.5. The van der Waals surface area contributed by atoms with Crippen molar-refractivity contribution in [2.24, 2.45) is 0 Å². The Labute approximate surface area is 79.3 Å². The Kier molecular flexibility index (Phi) is 4.57. The van der Waals surface area contributed by atoms with E-state index in [0.717, 1.165) is 6.42 Å². The van der Waals surface area contributed by atoms with Crippen molar-refractivity contribution in [1.82, 2.24) is 0 Å². The summed E-state index contributed by atoms with van der Waals surface area (Å²) in [5, 5.41) is 0.187. The SMILES string of the molecule is O=C(CBr)OC1COCCCO1. The van der Waals surface area contributed by atoms with Gasteiger partial charge in [-0.25, -0.2) is 0 Å². The van der Waals surface area contributed by atoms with Crippen molar-refractivity contribution < 1.29 is 19.0 Å². The van der Waals surface area contributed by atoms with E-state index >= 15 is 0 Å². The molecule has 0 aromatic heterocycles. The van der Waals surface area contributed by atoms with Crippen molar-refractivity contribution >= 4 is 21.9 Å². The quantitative estimate of drug-likeness (QED) is 0.525. The summed E-state index contributed by atoms with van der Waals surface area (Å²) in [4.78, 5) is 10.8. The first kappa shape index (κ1) is 9.95. The van der Waals surface area contributed by atoms with E-state index in [1.165, 1.54) is 0 Å². The van der Waals surface area contributed by atoms with E-state index in [-0.39, 0.29) is 11.3 Å². The summed E-state index contributed by atoms with van der Waals surface area (Å²) in [6, 6.07) is 0. The van der Waals surface area contributed by atoms with Gasteiger partial charge in [0.1, 0.15) is 11.9 Å². The summed E-state index contributed by atoms with van der Waals surface area (Å²) < 4.78 is 15.2. The van der Waals surface area contributed by atoms with Gasteiger partial charge in [0.05, 0.1) is 6.61 Å². The van der Waals surface area contributed by atoms with Crippen LogP contribution in [0.15, 0.2) is 0 Å². The summed E-state index contributed by atoms with van der Waals surface area (Å²) in [5.41, 5.74) is 0. The average Bonchev–Trinajstić information content (AvgIpc) is 2.33. The summed E-state index contributed by atoms with van der Waals surface area (Å²) in [6.07, 6.45) is 0.320. The second-order valence-electron chi connectivity index (χ2n) is 2.35. The first-order valence-corrected chi connectivity index (χ1v) is 4.90. The number of hydrogen-bond donors (Lipinski definition) is 0. The molecule has 0 spiro atoms. The van der Waals surface area contributed by atoms with E-state index in [9.17, 15) is 4.79 Å². The minimum Gasteiger partial charge on any atom is -0.433 e. The van der Waals surface area contributed by atoms with Crippen molar-refractivity contribution in [3.05, 3.63) is 0 Å². The molecule has 1 unspecified atom stereocenters. The summed E-state index contributed by atoms with van der Waals surface area (Å²) >= 11 is 2.99. The number of esters is 1. The minimum absolute atomic E-state index is 0.187. The van der Waals surface area contributed by atoms with Gasteiger partial charge in [-0.15, -0.1) is 0 Å².